The third-order valence-electron chi connectivity index (χ3n) is 3.33. The van der Waals surface area contributed by atoms with Gasteiger partial charge in [-0.3, -0.25) is 0 Å². The average molecular weight is 364 g/mol. The first-order valence-corrected chi connectivity index (χ1v) is 7.69. The van der Waals surface area contributed by atoms with Crippen molar-refractivity contribution in [1.82, 2.24) is 25.0 Å². The summed E-state index contributed by atoms with van der Waals surface area (Å²) in [6.07, 6.45) is -1.49. The van der Waals surface area contributed by atoms with Gasteiger partial charge in [-0.15, -0.1) is 10.2 Å². The average Bonchev–Trinajstić information content (AvgIpc) is 3.05. The van der Waals surface area contributed by atoms with Crippen LogP contribution in [-0.2, 0) is 6.18 Å². The number of aryl methyl sites for hydroxylation is 1. The molecular weight excluding hydrogens is 349 g/mol. The van der Waals surface area contributed by atoms with E-state index < -0.39 is 17.6 Å². The first-order valence-electron chi connectivity index (χ1n) is 7.69. The van der Waals surface area contributed by atoms with Crippen molar-refractivity contribution in [2.45, 2.75) is 13.1 Å². The topological polar surface area (TPSA) is 77.8 Å². The third kappa shape index (κ3) is 4.26. The quantitative estimate of drug-likeness (QED) is 0.678. The summed E-state index contributed by atoms with van der Waals surface area (Å²) in [5.41, 5.74) is -0.0439. The molecule has 0 unspecified atom stereocenters. The fraction of sp³-hybridized carbons (Fsp3) is 0.250. The summed E-state index contributed by atoms with van der Waals surface area (Å²) in [7, 11) is 0. The molecule has 3 aromatic heterocycles. The van der Waals surface area contributed by atoms with Gasteiger partial charge in [0.15, 0.2) is 5.82 Å². The summed E-state index contributed by atoms with van der Waals surface area (Å²) >= 11 is 0. The molecule has 3 heterocycles. The van der Waals surface area contributed by atoms with Gasteiger partial charge in [0.25, 0.3) is 0 Å². The molecule has 0 aliphatic heterocycles. The molecule has 3 rings (SSSR count). The Morgan fingerprint density at radius 2 is 2.00 bits per heavy atom. The molecule has 3 aromatic rings. The zero-order chi connectivity index (χ0) is 18.6. The zero-order valence-corrected chi connectivity index (χ0v) is 13.7. The van der Waals surface area contributed by atoms with E-state index >= 15 is 0 Å². The summed E-state index contributed by atoms with van der Waals surface area (Å²) in [5, 5.41) is 15.2. The number of ether oxygens (including phenoxy) is 1. The van der Waals surface area contributed by atoms with E-state index in [1.807, 2.05) is 13.0 Å². The Balaban J connectivity index is 1.53. The Labute approximate surface area is 146 Å². The van der Waals surface area contributed by atoms with Crippen LogP contribution in [0.4, 0.5) is 19.0 Å². The molecule has 1 N–H and O–H groups in total. The van der Waals surface area contributed by atoms with E-state index in [1.54, 1.807) is 23.0 Å². The highest BCUT2D eigenvalue weighted by Crippen LogP contribution is 2.34. The predicted octanol–water partition coefficient (Wildman–Crippen LogP) is 2.88. The minimum atomic E-state index is -4.51. The van der Waals surface area contributed by atoms with Gasteiger partial charge in [-0.05, 0) is 37.3 Å². The number of nitrogens with zero attached hydrogens (tertiary/aromatic N) is 5. The number of anilines is 1. The van der Waals surface area contributed by atoms with E-state index in [0.717, 1.165) is 11.8 Å². The summed E-state index contributed by atoms with van der Waals surface area (Å²) in [6, 6.07) is 7.41. The molecule has 0 aliphatic rings. The molecule has 0 atom stereocenters. The largest absolute Gasteiger partial charge is 0.475 e. The van der Waals surface area contributed by atoms with Crippen molar-refractivity contribution in [3.63, 3.8) is 0 Å². The molecule has 136 valence electrons. The van der Waals surface area contributed by atoms with Crippen molar-refractivity contribution >= 4 is 5.82 Å². The molecule has 0 aliphatic carbocycles. The van der Waals surface area contributed by atoms with Crippen molar-refractivity contribution in [2.24, 2.45) is 0 Å². The van der Waals surface area contributed by atoms with E-state index in [-0.39, 0.29) is 13.2 Å². The number of hydrogen-bond donors (Lipinski definition) is 1. The highest BCUT2D eigenvalue weighted by Gasteiger charge is 2.34. The van der Waals surface area contributed by atoms with Gasteiger partial charge in [0.2, 0.25) is 5.88 Å². The lowest BCUT2D eigenvalue weighted by atomic mass is 10.2. The van der Waals surface area contributed by atoms with Crippen LogP contribution >= 0.6 is 0 Å². The highest BCUT2D eigenvalue weighted by atomic mass is 19.4. The molecular formula is C16H15F3N6O. The van der Waals surface area contributed by atoms with E-state index in [0.29, 0.717) is 11.6 Å². The number of halogens is 3. The predicted molar refractivity (Wildman–Crippen MR) is 87.1 cm³/mol. The summed E-state index contributed by atoms with van der Waals surface area (Å²) in [6.45, 7) is 2.09. The van der Waals surface area contributed by atoms with Gasteiger partial charge in [0, 0.05) is 12.4 Å². The first-order chi connectivity index (χ1) is 12.4. The van der Waals surface area contributed by atoms with Crippen molar-refractivity contribution in [2.75, 3.05) is 18.5 Å². The highest BCUT2D eigenvalue weighted by molar-refractivity contribution is 5.36. The molecule has 26 heavy (non-hydrogen) atoms. The molecule has 0 radical (unpaired) electrons. The maximum Gasteiger partial charge on any atom is 0.421 e. The van der Waals surface area contributed by atoms with Crippen molar-refractivity contribution in [1.29, 1.82) is 0 Å². The lowest BCUT2D eigenvalue weighted by Gasteiger charge is -2.12. The molecule has 0 bridgehead atoms. The second-order valence-corrected chi connectivity index (χ2v) is 5.31. The van der Waals surface area contributed by atoms with Crippen LogP contribution in [0.25, 0.3) is 5.82 Å². The van der Waals surface area contributed by atoms with Crippen LogP contribution in [0.15, 0.2) is 42.7 Å². The van der Waals surface area contributed by atoms with Gasteiger partial charge in [0.1, 0.15) is 18.0 Å². The van der Waals surface area contributed by atoms with Gasteiger partial charge < -0.3 is 10.1 Å². The van der Waals surface area contributed by atoms with Crippen LogP contribution in [0.2, 0.25) is 0 Å². The molecule has 0 saturated carbocycles. The Morgan fingerprint density at radius 3 is 2.65 bits per heavy atom. The zero-order valence-electron chi connectivity index (χ0n) is 13.7. The third-order valence-corrected chi connectivity index (χ3v) is 3.33. The second kappa shape index (κ2) is 7.38. The summed E-state index contributed by atoms with van der Waals surface area (Å²) < 4.78 is 45.2. The number of rotatable bonds is 6. The fourth-order valence-corrected chi connectivity index (χ4v) is 2.13. The molecule has 0 aromatic carbocycles. The minimum absolute atomic E-state index is 0.0120. The first kappa shape index (κ1) is 17.6. The van der Waals surface area contributed by atoms with Crippen LogP contribution < -0.4 is 10.1 Å². The van der Waals surface area contributed by atoms with E-state index in [2.05, 4.69) is 25.6 Å². The monoisotopic (exact) mass is 364 g/mol. The molecule has 0 spiro atoms. The molecule has 0 saturated heterocycles. The Kier molecular flexibility index (Phi) is 5.01. The summed E-state index contributed by atoms with van der Waals surface area (Å²) in [4.78, 5) is 3.63. The number of alkyl halides is 3. The Hall–Kier alpha value is -3.17. The fourth-order valence-electron chi connectivity index (χ4n) is 2.13. The Morgan fingerprint density at radius 1 is 1.15 bits per heavy atom. The van der Waals surface area contributed by atoms with Crippen molar-refractivity contribution in [3.05, 3.63) is 54.0 Å². The normalized spacial score (nSPS) is 11.4. The van der Waals surface area contributed by atoms with Gasteiger partial charge in [-0.2, -0.15) is 18.3 Å². The van der Waals surface area contributed by atoms with E-state index in [1.165, 1.54) is 12.3 Å². The van der Waals surface area contributed by atoms with Gasteiger partial charge in [-0.1, -0.05) is 0 Å². The van der Waals surface area contributed by atoms with Crippen molar-refractivity contribution in [3.8, 4) is 11.7 Å². The Bertz CT molecular complexity index is 863. The summed E-state index contributed by atoms with van der Waals surface area (Å²) in [5.74, 6) is 0.582. The lowest BCUT2D eigenvalue weighted by molar-refractivity contribution is -0.139. The maximum atomic E-state index is 12.8. The molecule has 0 fully saturated rings. The van der Waals surface area contributed by atoms with Gasteiger partial charge in [-0.25, -0.2) is 9.67 Å². The SMILES string of the molecule is Cc1ccn(-c2ccc(NCCOc3ncccc3C(F)(F)F)nn2)n1. The number of aromatic nitrogens is 5. The second-order valence-electron chi connectivity index (χ2n) is 5.31. The van der Waals surface area contributed by atoms with Crippen LogP contribution in [-0.4, -0.2) is 38.1 Å². The number of nitrogens with one attached hydrogen (secondary N) is 1. The van der Waals surface area contributed by atoms with E-state index in [4.69, 9.17) is 4.74 Å². The van der Waals surface area contributed by atoms with Crippen LogP contribution in [0.3, 0.4) is 0 Å². The van der Waals surface area contributed by atoms with Crippen LogP contribution in [0.5, 0.6) is 5.88 Å². The van der Waals surface area contributed by atoms with Gasteiger partial charge >= 0.3 is 6.18 Å². The standard InChI is InChI=1S/C16H15F3N6O/c1-11-6-9-25(24-11)14-5-4-13(22-23-14)20-8-10-26-15-12(16(17,18)19)3-2-7-21-15/h2-7,9H,8,10H2,1H3,(H,20,22). The molecule has 10 heteroatoms. The lowest BCUT2D eigenvalue weighted by Crippen LogP contribution is -2.16. The smallest absolute Gasteiger partial charge is 0.421 e. The number of hydrogen-bond acceptors (Lipinski definition) is 6. The maximum absolute atomic E-state index is 12.8. The van der Waals surface area contributed by atoms with Crippen LogP contribution in [0, 0.1) is 6.92 Å². The van der Waals surface area contributed by atoms with Gasteiger partial charge in [0.05, 0.1) is 12.2 Å². The minimum Gasteiger partial charge on any atom is -0.475 e. The van der Waals surface area contributed by atoms with E-state index in [9.17, 15) is 13.2 Å². The molecule has 7 nitrogen and oxygen atoms in total. The molecule has 0 amide bonds. The van der Waals surface area contributed by atoms with Crippen LogP contribution in [0.1, 0.15) is 11.3 Å². The number of pyridine rings is 1. The van der Waals surface area contributed by atoms with Crippen molar-refractivity contribution < 1.29 is 17.9 Å².